The molecule has 0 fully saturated rings. The van der Waals surface area contributed by atoms with Crippen molar-refractivity contribution in [1.82, 2.24) is 20.3 Å². The molecular formula is C20H21ClN4OS. The molecule has 1 N–H and O–H groups in total. The molecule has 140 valence electrons. The van der Waals surface area contributed by atoms with Gasteiger partial charge in [0.15, 0.2) is 5.69 Å². The molecule has 0 aliphatic heterocycles. The molecular weight excluding hydrogens is 380 g/mol. The van der Waals surface area contributed by atoms with E-state index in [2.05, 4.69) is 46.8 Å². The van der Waals surface area contributed by atoms with Crippen LogP contribution >= 0.6 is 23.4 Å². The van der Waals surface area contributed by atoms with Gasteiger partial charge in [0.25, 0.3) is 5.91 Å². The van der Waals surface area contributed by atoms with Crippen molar-refractivity contribution in [2.45, 2.75) is 19.6 Å². The van der Waals surface area contributed by atoms with Gasteiger partial charge in [-0.3, -0.25) is 4.79 Å². The molecule has 0 radical (unpaired) electrons. The molecule has 0 aliphatic rings. The van der Waals surface area contributed by atoms with E-state index < -0.39 is 0 Å². The molecule has 0 spiro atoms. The number of nitrogens with zero attached hydrogens (tertiary/aromatic N) is 3. The highest BCUT2D eigenvalue weighted by molar-refractivity contribution is 7.98. The lowest BCUT2D eigenvalue weighted by molar-refractivity contribution is 0.0950. The maximum Gasteiger partial charge on any atom is 0.273 e. The van der Waals surface area contributed by atoms with Gasteiger partial charge in [-0.05, 0) is 37.6 Å². The molecule has 27 heavy (non-hydrogen) atoms. The van der Waals surface area contributed by atoms with Crippen LogP contribution in [0.3, 0.4) is 0 Å². The summed E-state index contributed by atoms with van der Waals surface area (Å²) < 4.78 is 1.62. The molecule has 5 nitrogen and oxygen atoms in total. The Bertz CT molecular complexity index is 924. The number of rotatable bonds is 7. The summed E-state index contributed by atoms with van der Waals surface area (Å²) in [7, 11) is 0. The normalized spacial score (nSPS) is 10.8. The predicted molar refractivity (Wildman–Crippen MR) is 111 cm³/mol. The van der Waals surface area contributed by atoms with Crippen LogP contribution in [0.25, 0.3) is 5.69 Å². The van der Waals surface area contributed by atoms with Crippen LogP contribution in [0, 0.1) is 13.8 Å². The highest BCUT2D eigenvalue weighted by Gasteiger charge is 2.17. The van der Waals surface area contributed by atoms with Crippen LogP contribution < -0.4 is 5.32 Å². The number of carbonyl (C=O) groups excluding carboxylic acids is 1. The monoisotopic (exact) mass is 400 g/mol. The van der Waals surface area contributed by atoms with Gasteiger partial charge in [-0.25, -0.2) is 4.68 Å². The van der Waals surface area contributed by atoms with Gasteiger partial charge in [0.1, 0.15) is 0 Å². The highest BCUT2D eigenvalue weighted by Crippen LogP contribution is 2.17. The Morgan fingerprint density at radius 3 is 2.70 bits per heavy atom. The first kappa shape index (κ1) is 19.5. The van der Waals surface area contributed by atoms with Crippen LogP contribution in [0.1, 0.15) is 27.3 Å². The first-order chi connectivity index (χ1) is 13.0. The minimum Gasteiger partial charge on any atom is -0.350 e. The molecule has 0 saturated heterocycles. The Hall–Kier alpha value is -2.31. The lowest BCUT2D eigenvalue weighted by Crippen LogP contribution is -2.26. The summed E-state index contributed by atoms with van der Waals surface area (Å²) in [5.74, 6) is 1.55. The van der Waals surface area contributed by atoms with Crippen molar-refractivity contribution >= 4 is 29.3 Å². The molecule has 3 aromatic rings. The van der Waals surface area contributed by atoms with Crippen molar-refractivity contribution in [1.29, 1.82) is 0 Å². The Kier molecular flexibility index (Phi) is 6.53. The minimum absolute atomic E-state index is 0.211. The van der Waals surface area contributed by atoms with E-state index >= 15 is 0 Å². The fraction of sp³-hybridized carbons (Fsp3) is 0.250. The summed E-state index contributed by atoms with van der Waals surface area (Å²) in [4.78, 5) is 12.4. The van der Waals surface area contributed by atoms with Gasteiger partial charge >= 0.3 is 0 Å². The van der Waals surface area contributed by atoms with Gasteiger partial charge in [-0.2, -0.15) is 11.8 Å². The molecule has 0 atom stereocenters. The van der Waals surface area contributed by atoms with Crippen LogP contribution in [0.4, 0.5) is 0 Å². The third-order valence-corrected chi connectivity index (χ3v) is 5.35. The van der Waals surface area contributed by atoms with Gasteiger partial charge in [0.05, 0.1) is 11.4 Å². The van der Waals surface area contributed by atoms with Crippen molar-refractivity contribution in [2.75, 3.05) is 12.3 Å². The SMILES string of the molecule is Cc1ccc(CSCCNC(=O)c2nnn(-c3cccc(Cl)c3)c2C)cc1. The quantitative estimate of drug-likeness (QED) is 0.604. The van der Waals surface area contributed by atoms with E-state index in [9.17, 15) is 4.79 Å². The summed E-state index contributed by atoms with van der Waals surface area (Å²) >= 11 is 7.81. The zero-order valence-corrected chi connectivity index (χ0v) is 16.8. The number of carbonyl (C=O) groups is 1. The number of benzene rings is 2. The number of halogens is 1. The van der Waals surface area contributed by atoms with Gasteiger partial charge in [-0.15, -0.1) is 5.10 Å². The Labute approximate surface area is 168 Å². The summed E-state index contributed by atoms with van der Waals surface area (Å²) in [5, 5.41) is 11.6. The zero-order chi connectivity index (χ0) is 19.2. The van der Waals surface area contributed by atoms with E-state index in [1.165, 1.54) is 11.1 Å². The fourth-order valence-electron chi connectivity index (χ4n) is 2.59. The van der Waals surface area contributed by atoms with E-state index in [0.29, 0.717) is 23.0 Å². The highest BCUT2D eigenvalue weighted by atomic mass is 35.5. The second kappa shape index (κ2) is 9.06. The third-order valence-electron chi connectivity index (χ3n) is 4.08. The number of nitrogens with one attached hydrogen (secondary N) is 1. The number of aromatic nitrogens is 3. The van der Waals surface area contributed by atoms with Crippen molar-refractivity contribution in [3.05, 3.63) is 76.1 Å². The number of hydrogen-bond acceptors (Lipinski definition) is 4. The summed E-state index contributed by atoms with van der Waals surface area (Å²) in [6.45, 7) is 4.48. The maximum absolute atomic E-state index is 12.4. The van der Waals surface area contributed by atoms with Crippen LogP contribution in [0.5, 0.6) is 0 Å². The number of thioether (sulfide) groups is 1. The largest absolute Gasteiger partial charge is 0.350 e. The maximum atomic E-state index is 12.4. The predicted octanol–water partition coefficient (Wildman–Crippen LogP) is 4.20. The first-order valence-corrected chi connectivity index (χ1v) is 10.2. The molecule has 3 rings (SSSR count). The van der Waals surface area contributed by atoms with Crippen molar-refractivity contribution in [3.63, 3.8) is 0 Å². The first-order valence-electron chi connectivity index (χ1n) is 8.64. The smallest absolute Gasteiger partial charge is 0.273 e. The molecule has 0 bridgehead atoms. The lowest BCUT2D eigenvalue weighted by Gasteiger charge is -2.06. The number of amides is 1. The van der Waals surface area contributed by atoms with Gasteiger partial charge in [-0.1, -0.05) is 52.7 Å². The average molecular weight is 401 g/mol. The molecule has 2 aromatic carbocycles. The van der Waals surface area contributed by atoms with Crippen LogP contribution in [-0.2, 0) is 5.75 Å². The Morgan fingerprint density at radius 1 is 1.19 bits per heavy atom. The molecule has 0 saturated carbocycles. The number of aryl methyl sites for hydroxylation is 1. The third kappa shape index (κ3) is 5.11. The fourth-order valence-corrected chi connectivity index (χ4v) is 3.59. The average Bonchev–Trinajstić information content (AvgIpc) is 3.04. The van der Waals surface area contributed by atoms with Gasteiger partial charge in [0.2, 0.25) is 0 Å². The van der Waals surface area contributed by atoms with Crippen LogP contribution in [-0.4, -0.2) is 33.2 Å². The summed E-state index contributed by atoms with van der Waals surface area (Å²) in [5.41, 5.74) is 4.34. The summed E-state index contributed by atoms with van der Waals surface area (Å²) in [6, 6.07) is 15.8. The van der Waals surface area contributed by atoms with E-state index in [0.717, 1.165) is 17.2 Å². The molecule has 1 heterocycles. The van der Waals surface area contributed by atoms with Gasteiger partial charge < -0.3 is 5.32 Å². The molecule has 1 amide bonds. The van der Waals surface area contributed by atoms with E-state index in [-0.39, 0.29) is 5.91 Å². The van der Waals surface area contributed by atoms with Crippen molar-refractivity contribution in [3.8, 4) is 5.69 Å². The minimum atomic E-state index is -0.211. The molecule has 1 aromatic heterocycles. The zero-order valence-electron chi connectivity index (χ0n) is 15.3. The lowest BCUT2D eigenvalue weighted by atomic mass is 10.2. The van der Waals surface area contributed by atoms with E-state index in [4.69, 9.17) is 11.6 Å². The van der Waals surface area contributed by atoms with Gasteiger partial charge in [0, 0.05) is 23.1 Å². The second-order valence-electron chi connectivity index (χ2n) is 6.21. The molecule has 7 heteroatoms. The second-order valence-corrected chi connectivity index (χ2v) is 7.75. The van der Waals surface area contributed by atoms with E-state index in [1.807, 2.05) is 19.1 Å². The topological polar surface area (TPSA) is 59.8 Å². The van der Waals surface area contributed by atoms with Crippen molar-refractivity contribution < 1.29 is 4.79 Å². The molecule has 0 aliphatic carbocycles. The van der Waals surface area contributed by atoms with Crippen LogP contribution in [0.15, 0.2) is 48.5 Å². The standard InChI is InChI=1S/C20H21ClN4OS/c1-14-6-8-16(9-7-14)13-27-11-10-22-20(26)19-15(2)25(24-23-19)18-5-3-4-17(21)12-18/h3-9,12H,10-11,13H2,1-2H3,(H,22,26). The van der Waals surface area contributed by atoms with Crippen molar-refractivity contribution in [2.24, 2.45) is 0 Å². The molecule has 0 unspecified atom stereocenters. The number of hydrogen-bond donors (Lipinski definition) is 1. The Balaban J connectivity index is 1.50. The van der Waals surface area contributed by atoms with E-state index in [1.54, 1.807) is 28.6 Å². The summed E-state index contributed by atoms with van der Waals surface area (Å²) in [6.07, 6.45) is 0. The Morgan fingerprint density at radius 2 is 1.96 bits per heavy atom. The van der Waals surface area contributed by atoms with Crippen LogP contribution in [0.2, 0.25) is 5.02 Å².